The van der Waals surface area contributed by atoms with Crippen molar-refractivity contribution in [3.8, 4) is 5.75 Å². The Morgan fingerprint density at radius 3 is 2.79 bits per heavy atom. The van der Waals surface area contributed by atoms with Crippen LogP contribution in [0.4, 0.5) is 0 Å². The van der Waals surface area contributed by atoms with Crippen LogP contribution in [0.15, 0.2) is 42.6 Å². The van der Waals surface area contributed by atoms with Gasteiger partial charge in [-0.15, -0.1) is 5.10 Å². The highest BCUT2D eigenvalue weighted by Crippen LogP contribution is 2.26. The lowest BCUT2D eigenvalue weighted by Crippen LogP contribution is -2.46. The lowest BCUT2D eigenvalue weighted by molar-refractivity contribution is 0.0569. The van der Waals surface area contributed by atoms with Crippen molar-refractivity contribution < 1.29 is 9.53 Å². The Morgan fingerprint density at radius 1 is 1.21 bits per heavy atom. The summed E-state index contributed by atoms with van der Waals surface area (Å²) in [6, 6.07) is 11.6. The number of aromatic nitrogens is 4. The molecule has 0 N–H and O–H groups in total. The number of carbonyl (C=O) groups is 1. The predicted molar refractivity (Wildman–Crippen MR) is 104 cm³/mol. The van der Waals surface area contributed by atoms with E-state index in [1.807, 2.05) is 29.2 Å². The molecule has 0 saturated carbocycles. The lowest BCUT2D eigenvalue weighted by Gasteiger charge is -2.37. The van der Waals surface area contributed by atoms with Gasteiger partial charge in [0.25, 0.3) is 5.91 Å². The van der Waals surface area contributed by atoms with Crippen molar-refractivity contribution in [2.75, 3.05) is 27.2 Å². The molecule has 146 valence electrons. The van der Waals surface area contributed by atoms with Gasteiger partial charge in [0.15, 0.2) is 5.65 Å². The first-order valence-corrected chi connectivity index (χ1v) is 9.45. The molecule has 1 amide bonds. The Balaban J connectivity index is 1.70. The molecule has 1 aliphatic rings. The van der Waals surface area contributed by atoms with Gasteiger partial charge in [0.1, 0.15) is 5.75 Å². The van der Waals surface area contributed by atoms with Crippen LogP contribution in [0.3, 0.4) is 0 Å². The molecule has 0 unspecified atom stereocenters. The van der Waals surface area contributed by atoms with Gasteiger partial charge in [-0.3, -0.25) is 4.79 Å². The highest BCUT2D eigenvalue weighted by atomic mass is 16.5. The smallest absolute Gasteiger partial charge is 0.258 e. The van der Waals surface area contributed by atoms with Gasteiger partial charge in [-0.2, -0.15) is 4.52 Å². The molecule has 0 aliphatic carbocycles. The third kappa shape index (κ3) is 3.55. The van der Waals surface area contributed by atoms with Crippen LogP contribution < -0.4 is 4.74 Å². The van der Waals surface area contributed by atoms with Gasteiger partial charge in [0.05, 0.1) is 12.7 Å². The quantitative estimate of drug-likeness (QED) is 0.673. The van der Waals surface area contributed by atoms with Crippen molar-refractivity contribution in [1.82, 2.24) is 29.8 Å². The molecule has 0 bridgehead atoms. The van der Waals surface area contributed by atoms with Crippen LogP contribution in [-0.4, -0.2) is 69.0 Å². The maximum atomic E-state index is 13.6. The molecule has 8 heteroatoms. The van der Waals surface area contributed by atoms with Crippen LogP contribution in [-0.2, 0) is 6.54 Å². The Kier molecular flexibility index (Phi) is 5.21. The maximum absolute atomic E-state index is 13.6. The first-order valence-electron chi connectivity index (χ1n) is 9.45. The second kappa shape index (κ2) is 7.93. The number of amides is 1. The summed E-state index contributed by atoms with van der Waals surface area (Å²) in [5.41, 5.74) is 1.98. The minimum Gasteiger partial charge on any atom is -0.496 e. The van der Waals surface area contributed by atoms with Gasteiger partial charge in [0.2, 0.25) is 0 Å². The third-order valence-electron chi connectivity index (χ3n) is 5.38. The zero-order valence-corrected chi connectivity index (χ0v) is 16.2. The molecule has 3 heterocycles. The zero-order chi connectivity index (χ0) is 19.5. The number of hydrogen-bond donors (Lipinski definition) is 0. The number of rotatable bonds is 5. The molecule has 1 aromatic carbocycles. The largest absolute Gasteiger partial charge is 0.496 e. The third-order valence-corrected chi connectivity index (χ3v) is 5.38. The van der Waals surface area contributed by atoms with E-state index in [9.17, 15) is 4.79 Å². The first kappa shape index (κ1) is 18.4. The summed E-state index contributed by atoms with van der Waals surface area (Å²) in [5.74, 6) is 0.733. The number of ether oxygens (including phenoxy) is 1. The fraction of sp³-hybridized carbons (Fsp3) is 0.400. The van der Waals surface area contributed by atoms with Crippen molar-refractivity contribution in [3.63, 3.8) is 0 Å². The van der Waals surface area contributed by atoms with Gasteiger partial charge in [-0.25, -0.2) is 0 Å². The van der Waals surface area contributed by atoms with Crippen LogP contribution in [0, 0.1) is 0 Å². The van der Waals surface area contributed by atoms with Gasteiger partial charge in [-0.1, -0.05) is 18.2 Å². The number of nitrogens with zero attached hydrogens (tertiary/aromatic N) is 6. The van der Waals surface area contributed by atoms with E-state index in [2.05, 4.69) is 27.5 Å². The van der Waals surface area contributed by atoms with Crippen LogP contribution in [0.2, 0.25) is 0 Å². The summed E-state index contributed by atoms with van der Waals surface area (Å²) in [5, 5.41) is 11.7. The molecule has 4 rings (SSSR count). The SMILES string of the molecule is COc1ccccc1CN(C(=O)c1cccn2nnnc12)C1CCN(C)CC1. The monoisotopic (exact) mass is 380 g/mol. The summed E-state index contributed by atoms with van der Waals surface area (Å²) in [4.78, 5) is 17.9. The number of pyridine rings is 1. The number of para-hydroxylation sites is 1. The van der Waals surface area contributed by atoms with E-state index in [1.54, 1.807) is 25.4 Å². The molecule has 3 aromatic rings. The highest BCUT2D eigenvalue weighted by Gasteiger charge is 2.30. The van der Waals surface area contributed by atoms with Crippen LogP contribution in [0.25, 0.3) is 5.65 Å². The molecule has 0 radical (unpaired) electrons. The standard InChI is InChI=1S/C20H24N6O2/c1-24-12-9-16(10-13-24)25(14-15-6-3-4-8-18(15)28-2)20(27)17-7-5-11-26-19(17)21-22-23-26/h3-8,11,16H,9-10,12-14H2,1-2H3. The second-order valence-electron chi connectivity index (χ2n) is 7.15. The van der Waals surface area contributed by atoms with E-state index in [0.717, 1.165) is 37.2 Å². The van der Waals surface area contributed by atoms with Crippen molar-refractivity contribution in [1.29, 1.82) is 0 Å². The highest BCUT2D eigenvalue weighted by molar-refractivity contribution is 5.99. The Bertz CT molecular complexity index is 964. The van der Waals surface area contributed by atoms with Gasteiger partial charge >= 0.3 is 0 Å². The van der Waals surface area contributed by atoms with E-state index >= 15 is 0 Å². The number of fused-ring (bicyclic) bond motifs is 1. The Morgan fingerprint density at radius 2 is 2.00 bits per heavy atom. The normalized spacial score (nSPS) is 15.6. The Labute approximate surface area is 163 Å². The van der Waals surface area contributed by atoms with Crippen LogP contribution in [0.1, 0.15) is 28.8 Å². The molecule has 0 spiro atoms. The number of likely N-dealkylation sites (tertiary alicyclic amines) is 1. The molecule has 1 saturated heterocycles. The molecule has 2 aromatic heterocycles. The predicted octanol–water partition coefficient (Wildman–Crippen LogP) is 1.87. The minimum absolute atomic E-state index is 0.0548. The minimum atomic E-state index is -0.0548. The van der Waals surface area contributed by atoms with Crippen molar-refractivity contribution in [3.05, 3.63) is 53.7 Å². The summed E-state index contributed by atoms with van der Waals surface area (Å²) in [6.07, 6.45) is 3.61. The molecule has 0 atom stereocenters. The topological polar surface area (TPSA) is 75.9 Å². The number of piperidine rings is 1. The van der Waals surface area contributed by atoms with E-state index in [4.69, 9.17) is 4.74 Å². The fourth-order valence-corrected chi connectivity index (χ4v) is 3.78. The van der Waals surface area contributed by atoms with Crippen LogP contribution >= 0.6 is 0 Å². The average Bonchev–Trinajstić information content (AvgIpc) is 3.21. The van der Waals surface area contributed by atoms with Gasteiger partial charge in [-0.05, 0) is 61.6 Å². The number of hydrogen-bond acceptors (Lipinski definition) is 6. The van der Waals surface area contributed by atoms with E-state index < -0.39 is 0 Å². The van der Waals surface area contributed by atoms with E-state index in [0.29, 0.717) is 17.8 Å². The summed E-state index contributed by atoms with van der Waals surface area (Å²) in [6.45, 7) is 2.42. The zero-order valence-electron chi connectivity index (χ0n) is 16.2. The van der Waals surface area contributed by atoms with Crippen molar-refractivity contribution >= 4 is 11.6 Å². The first-order chi connectivity index (χ1) is 13.7. The number of carbonyl (C=O) groups excluding carboxylic acids is 1. The molecular weight excluding hydrogens is 356 g/mol. The van der Waals surface area contributed by atoms with E-state index in [1.165, 1.54) is 4.52 Å². The number of methoxy groups -OCH3 is 1. The van der Waals surface area contributed by atoms with Crippen molar-refractivity contribution in [2.45, 2.75) is 25.4 Å². The second-order valence-corrected chi connectivity index (χ2v) is 7.15. The summed E-state index contributed by atoms with van der Waals surface area (Å²) < 4.78 is 7.04. The number of tetrazole rings is 1. The fourth-order valence-electron chi connectivity index (χ4n) is 3.78. The summed E-state index contributed by atoms with van der Waals surface area (Å²) >= 11 is 0. The molecule has 8 nitrogen and oxygen atoms in total. The Hall–Kier alpha value is -3.00. The van der Waals surface area contributed by atoms with E-state index in [-0.39, 0.29) is 11.9 Å². The van der Waals surface area contributed by atoms with Crippen molar-refractivity contribution in [2.24, 2.45) is 0 Å². The molecule has 1 aliphatic heterocycles. The molecular formula is C20H24N6O2. The lowest BCUT2D eigenvalue weighted by atomic mass is 10.0. The number of benzene rings is 1. The van der Waals surface area contributed by atoms with Crippen LogP contribution in [0.5, 0.6) is 5.75 Å². The molecule has 28 heavy (non-hydrogen) atoms. The summed E-state index contributed by atoms with van der Waals surface area (Å²) in [7, 11) is 3.77. The molecule has 1 fully saturated rings. The van der Waals surface area contributed by atoms with Gasteiger partial charge in [0, 0.05) is 24.3 Å². The van der Waals surface area contributed by atoms with Gasteiger partial charge < -0.3 is 14.5 Å². The maximum Gasteiger partial charge on any atom is 0.258 e. The average molecular weight is 380 g/mol.